The highest BCUT2D eigenvalue weighted by Gasteiger charge is 2.00. The summed E-state index contributed by atoms with van der Waals surface area (Å²) < 4.78 is 14.0. The lowest BCUT2D eigenvalue weighted by molar-refractivity contribution is 0.619. The van der Waals surface area contributed by atoms with E-state index in [0.717, 1.165) is 4.60 Å². The van der Waals surface area contributed by atoms with Gasteiger partial charge in [-0.25, -0.2) is 9.37 Å². The molecule has 0 fully saturated rings. The first-order chi connectivity index (χ1) is 7.65. The molecule has 82 valence electrons. The first-order valence-electron chi connectivity index (χ1n) is 4.81. The van der Waals surface area contributed by atoms with Gasteiger partial charge in [0, 0.05) is 5.69 Å². The van der Waals surface area contributed by atoms with Gasteiger partial charge in [0.1, 0.15) is 16.2 Å². The third kappa shape index (κ3) is 2.58. The molecule has 2 aromatic rings. The van der Waals surface area contributed by atoms with E-state index in [1.54, 1.807) is 13.0 Å². The van der Waals surface area contributed by atoms with E-state index in [4.69, 9.17) is 0 Å². The molecule has 2 rings (SSSR count). The van der Waals surface area contributed by atoms with Crippen molar-refractivity contribution in [2.75, 3.05) is 5.32 Å². The molecule has 0 bridgehead atoms. The molecule has 1 aromatic carbocycles. The Balaban J connectivity index is 2.24. The maximum Gasteiger partial charge on any atom is 0.131 e. The van der Waals surface area contributed by atoms with Crippen molar-refractivity contribution in [3.63, 3.8) is 0 Å². The van der Waals surface area contributed by atoms with Gasteiger partial charge in [0.05, 0.1) is 0 Å². The molecule has 0 aliphatic heterocycles. The summed E-state index contributed by atoms with van der Waals surface area (Å²) in [7, 11) is 0. The van der Waals surface area contributed by atoms with E-state index < -0.39 is 0 Å². The zero-order chi connectivity index (χ0) is 11.5. The van der Waals surface area contributed by atoms with E-state index >= 15 is 0 Å². The maximum absolute atomic E-state index is 13.3. The summed E-state index contributed by atoms with van der Waals surface area (Å²) in [5.74, 6) is 0.456. The molecule has 0 aliphatic rings. The summed E-state index contributed by atoms with van der Waals surface area (Å²) in [5, 5.41) is 3.03. The average Bonchev–Trinajstić information content (AvgIpc) is 2.24. The molecule has 1 heterocycles. The number of nitrogens with one attached hydrogen (secondary N) is 1. The molecule has 0 radical (unpaired) electrons. The Labute approximate surface area is 102 Å². The Kier molecular flexibility index (Phi) is 3.19. The van der Waals surface area contributed by atoms with E-state index in [9.17, 15) is 4.39 Å². The standard InChI is InChI=1S/C12H10BrFN2/c1-8-5-6-9(7-10(8)14)15-12-4-2-3-11(13)16-12/h2-7H,1H3,(H,15,16). The number of benzene rings is 1. The van der Waals surface area contributed by atoms with Gasteiger partial charge in [-0.1, -0.05) is 12.1 Å². The van der Waals surface area contributed by atoms with E-state index in [1.165, 1.54) is 6.07 Å². The third-order valence-electron chi connectivity index (χ3n) is 2.16. The second kappa shape index (κ2) is 4.61. The molecule has 4 heteroatoms. The summed E-state index contributed by atoms with van der Waals surface area (Å²) in [4.78, 5) is 4.20. The van der Waals surface area contributed by atoms with Crippen LogP contribution in [0.4, 0.5) is 15.9 Å². The van der Waals surface area contributed by atoms with Gasteiger partial charge >= 0.3 is 0 Å². The number of hydrogen-bond acceptors (Lipinski definition) is 2. The Hall–Kier alpha value is -1.42. The number of anilines is 2. The molecule has 0 atom stereocenters. The zero-order valence-corrected chi connectivity index (χ0v) is 10.3. The minimum Gasteiger partial charge on any atom is -0.340 e. The molecule has 0 amide bonds. The number of rotatable bonds is 2. The quantitative estimate of drug-likeness (QED) is 0.840. The second-order valence-corrected chi connectivity index (χ2v) is 4.25. The number of aromatic nitrogens is 1. The highest BCUT2D eigenvalue weighted by molar-refractivity contribution is 9.10. The normalized spacial score (nSPS) is 10.2. The molecule has 16 heavy (non-hydrogen) atoms. The van der Waals surface area contributed by atoms with Gasteiger partial charge in [-0.2, -0.15) is 0 Å². The topological polar surface area (TPSA) is 24.9 Å². The van der Waals surface area contributed by atoms with E-state index in [1.807, 2.05) is 24.3 Å². The van der Waals surface area contributed by atoms with Crippen molar-refractivity contribution in [2.45, 2.75) is 6.92 Å². The molecular weight excluding hydrogens is 271 g/mol. The van der Waals surface area contributed by atoms with Crippen LogP contribution in [0.15, 0.2) is 41.0 Å². The largest absolute Gasteiger partial charge is 0.340 e. The van der Waals surface area contributed by atoms with Crippen molar-refractivity contribution < 1.29 is 4.39 Å². The van der Waals surface area contributed by atoms with Crippen molar-refractivity contribution >= 4 is 27.4 Å². The van der Waals surface area contributed by atoms with Crippen LogP contribution in [-0.2, 0) is 0 Å². The summed E-state index contributed by atoms with van der Waals surface area (Å²) in [5.41, 5.74) is 1.32. The van der Waals surface area contributed by atoms with Crippen LogP contribution in [0.5, 0.6) is 0 Å². The number of pyridine rings is 1. The molecule has 1 N–H and O–H groups in total. The highest BCUT2D eigenvalue weighted by Crippen LogP contribution is 2.19. The smallest absolute Gasteiger partial charge is 0.131 e. The zero-order valence-electron chi connectivity index (χ0n) is 8.67. The number of halogens is 2. The van der Waals surface area contributed by atoms with Crippen LogP contribution in [0.3, 0.4) is 0 Å². The lowest BCUT2D eigenvalue weighted by Gasteiger charge is -2.06. The molecule has 1 aromatic heterocycles. The maximum atomic E-state index is 13.3. The number of aryl methyl sites for hydroxylation is 1. The minimum absolute atomic E-state index is 0.222. The van der Waals surface area contributed by atoms with Gasteiger partial charge in [-0.15, -0.1) is 0 Å². The van der Waals surface area contributed by atoms with Crippen LogP contribution >= 0.6 is 15.9 Å². The predicted molar refractivity (Wildman–Crippen MR) is 66.4 cm³/mol. The van der Waals surface area contributed by atoms with Crippen molar-refractivity contribution in [2.24, 2.45) is 0 Å². The van der Waals surface area contributed by atoms with E-state index in [0.29, 0.717) is 17.1 Å². The van der Waals surface area contributed by atoms with Crippen LogP contribution in [-0.4, -0.2) is 4.98 Å². The monoisotopic (exact) mass is 280 g/mol. The van der Waals surface area contributed by atoms with Crippen LogP contribution in [0, 0.1) is 12.7 Å². The van der Waals surface area contributed by atoms with E-state index in [-0.39, 0.29) is 5.82 Å². The molecule has 2 nitrogen and oxygen atoms in total. The van der Waals surface area contributed by atoms with Gasteiger partial charge < -0.3 is 5.32 Å². The first kappa shape index (κ1) is 11.1. The fourth-order valence-electron chi connectivity index (χ4n) is 1.30. The van der Waals surface area contributed by atoms with Crippen molar-refractivity contribution in [1.82, 2.24) is 4.98 Å². The Morgan fingerprint density at radius 2 is 2.06 bits per heavy atom. The van der Waals surface area contributed by atoms with Gasteiger partial charge in [-0.3, -0.25) is 0 Å². The third-order valence-corrected chi connectivity index (χ3v) is 2.60. The Morgan fingerprint density at radius 1 is 1.25 bits per heavy atom. The van der Waals surface area contributed by atoms with E-state index in [2.05, 4.69) is 26.2 Å². The molecular formula is C12H10BrFN2. The van der Waals surface area contributed by atoms with Crippen LogP contribution in [0.2, 0.25) is 0 Å². The fraction of sp³-hybridized carbons (Fsp3) is 0.0833. The Morgan fingerprint density at radius 3 is 2.75 bits per heavy atom. The number of nitrogens with zero attached hydrogens (tertiary/aromatic N) is 1. The van der Waals surface area contributed by atoms with Gasteiger partial charge in [0.15, 0.2) is 0 Å². The Bertz CT molecular complexity index is 514. The second-order valence-electron chi connectivity index (χ2n) is 3.43. The summed E-state index contributed by atoms with van der Waals surface area (Å²) >= 11 is 3.28. The highest BCUT2D eigenvalue weighted by atomic mass is 79.9. The van der Waals surface area contributed by atoms with Crippen LogP contribution < -0.4 is 5.32 Å². The number of hydrogen-bond donors (Lipinski definition) is 1. The van der Waals surface area contributed by atoms with Crippen molar-refractivity contribution in [1.29, 1.82) is 0 Å². The summed E-state index contributed by atoms with van der Waals surface area (Å²) in [6.07, 6.45) is 0. The van der Waals surface area contributed by atoms with Crippen molar-refractivity contribution in [3.8, 4) is 0 Å². The minimum atomic E-state index is -0.222. The van der Waals surface area contributed by atoms with Crippen LogP contribution in [0.1, 0.15) is 5.56 Å². The summed E-state index contributed by atoms with van der Waals surface area (Å²) in [6, 6.07) is 10.5. The van der Waals surface area contributed by atoms with Gasteiger partial charge in [0.2, 0.25) is 0 Å². The molecule has 0 aliphatic carbocycles. The lowest BCUT2D eigenvalue weighted by atomic mass is 10.2. The SMILES string of the molecule is Cc1ccc(Nc2cccc(Br)n2)cc1F. The van der Waals surface area contributed by atoms with Crippen molar-refractivity contribution in [3.05, 3.63) is 52.4 Å². The average molecular weight is 281 g/mol. The van der Waals surface area contributed by atoms with Gasteiger partial charge in [-0.05, 0) is 52.7 Å². The predicted octanol–water partition coefficient (Wildman–Crippen LogP) is 4.04. The molecule has 0 saturated heterocycles. The molecule has 0 spiro atoms. The van der Waals surface area contributed by atoms with Gasteiger partial charge in [0.25, 0.3) is 0 Å². The fourth-order valence-corrected chi connectivity index (χ4v) is 1.64. The lowest BCUT2D eigenvalue weighted by Crippen LogP contribution is -1.94. The first-order valence-corrected chi connectivity index (χ1v) is 5.60. The summed E-state index contributed by atoms with van der Waals surface area (Å²) in [6.45, 7) is 1.73. The molecule has 0 saturated carbocycles. The molecule has 0 unspecified atom stereocenters. The van der Waals surface area contributed by atoms with Crippen LogP contribution in [0.25, 0.3) is 0 Å².